The molecule has 2 aliphatic rings. The molecule has 1 amide bonds. The molecule has 3 heterocycles. The molecule has 0 saturated carbocycles. The molecule has 4 rings (SSSR count). The molecule has 0 bridgehead atoms. The maximum atomic E-state index is 12.9. The van der Waals surface area contributed by atoms with Crippen LogP contribution >= 0.6 is 0 Å². The van der Waals surface area contributed by atoms with Gasteiger partial charge in [0.25, 0.3) is 5.91 Å². The number of anilines is 2. The van der Waals surface area contributed by atoms with Crippen LogP contribution in [0.25, 0.3) is 0 Å². The SMILES string of the molecule is O=C(Nc1cccc(S(=O)(=O)N2CCOCC2)c1)c1cccnc1N1CCCC1. The summed E-state index contributed by atoms with van der Waals surface area (Å²) in [6.45, 7) is 3.18. The van der Waals surface area contributed by atoms with Crippen LogP contribution in [0.1, 0.15) is 23.2 Å². The van der Waals surface area contributed by atoms with Crippen molar-refractivity contribution >= 4 is 27.4 Å². The number of amides is 1. The molecule has 1 aromatic carbocycles. The van der Waals surface area contributed by atoms with E-state index in [0.717, 1.165) is 25.9 Å². The molecule has 0 radical (unpaired) electrons. The normalized spacial score (nSPS) is 18.0. The van der Waals surface area contributed by atoms with Crippen molar-refractivity contribution in [3.05, 3.63) is 48.2 Å². The highest BCUT2D eigenvalue weighted by atomic mass is 32.2. The summed E-state index contributed by atoms with van der Waals surface area (Å²) in [5.74, 6) is 0.362. The number of hydrogen-bond acceptors (Lipinski definition) is 6. The molecule has 8 nitrogen and oxygen atoms in total. The molecule has 0 atom stereocenters. The highest BCUT2D eigenvalue weighted by molar-refractivity contribution is 7.89. The minimum Gasteiger partial charge on any atom is -0.379 e. The third kappa shape index (κ3) is 4.26. The molecule has 1 aromatic heterocycles. The largest absolute Gasteiger partial charge is 0.379 e. The fraction of sp³-hybridized carbons (Fsp3) is 0.400. The second kappa shape index (κ2) is 8.48. The van der Waals surface area contributed by atoms with E-state index >= 15 is 0 Å². The number of carbonyl (C=O) groups excluding carboxylic acids is 1. The predicted octanol–water partition coefficient (Wildman–Crippen LogP) is 1.95. The van der Waals surface area contributed by atoms with Gasteiger partial charge in [0.15, 0.2) is 0 Å². The monoisotopic (exact) mass is 416 g/mol. The molecule has 29 heavy (non-hydrogen) atoms. The van der Waals surface area contributed by atoms with E-state index in [1.807, 2.05) is 0 Å². The molecule has 0 aliphatic carbocycles. The maximum Gasteiger partial charge on any atom is 0.259 e. The van der Waals surface area contributed by atoms with Crippen LogP contribution in [0.2, 0.25) is 0 Å². The number of rotatable bonds is 5. The molecule has 2 aliphatic heterocycles. The van der Waals surface area contributed by atoms with Gasteiger partial charge in [0.2, 0.25) is 10.0 Å². The van der Waals surface area contributed by atoms with E-state index < -0.39 is 10.0 Å². The summed E-state index contributed by atoms with van der Waals surface area (Å²) in [6, 6.07) is 9.82. The van der Waals surface area contributed by atoms with Crippen LogP contribution in [0.15, 0.2) is 47.5 Å². The van der Waals surface area contributed by atoms with E-state index in [0.29, 0.717) is 43.4 Å². The van der Waals surface area contributed by atoms with Crippen molar-refractivity contribution in [1.82, 2.24) is 9.29 Å². The van der Waals surface area contributed by atoms with E-state index in [2.05, 4.69) is 15.2 Å². The summed E-state index contributed by atoms with van der Waals surface area (Å²) in [5, 5.41) is 2.82. The first-order chi connectivity index (χ1) is 14.1. The summed E-state index contributed by atoms with van der Waals surface area (Å²) in [5.41, 5.74) is 0.913. The highest BCUT2D eigenvalue weighted by Gasteiger charge is 2.27. The van der Waals surface area contributed by atoms with Crippen LogP contribution in [0.4, 0.5) is 11.5 Å². The predicted molar refractivity (Wildman–Crippen MR) is 110 cm³/mol. The summed E-state index contributed by atoms with van der Waals surface area (Å²) in [6.07, 6.45) is 3.85. The van der Waals surface area contributed by atoms with Gasteiger partial charge in [-0.2, -0.15) is 4.31 Å². The Hall–Kier alpha value is -2.49. The Kier molecular flexibility index (Phi) is 5.79. The smallest absolute Gasteiger partial charge is 0.259 e. The lowest BCUT2D eigenvalue weighted by Crippen LogP contribution is -2.40. The van der Waals surface area contributed by atoms with E-state index in [-0.39, 0.29) is 10.8 Å². The van der Waals surface area contributed by atoms with E-state index in [4.69, 9.17) is 4.74 Å². The van der Waals surface area contributed by atoms with Crippen molar-refractivity contribution < 1.29 is 17.9 Å². The molecule has 0 spiro atoms. The van der Waals surface area contributed by atoms with Crippen molar-refractivity contribution in [3.8, 4) is 0 Å². The number of nitrogens with zero attached hydrogens (tertiary/aromatic N) is 3. The third-order valence-electron chi connectivity index (χ3n) is 5.14. The first kappa shape index (κ1) is 19.8. The summed E-state index contributed by atoms with van der Waals surface area (Å²) < 4.78 is 32.4. The molecular formula is C20H24N4O4S. The number of carbonyl (C=O) groups is 1. The van der Waals surface area contributed by atoms with Gasteiger partial charge in [0.05, 0.1) is 23.7 Å². The first-order valence-electron chi connectivity index (χ1n) is 9.75. The standard InChI is InChI=1S/C20H24N4O4S/c25-20(18-7-4-8-21-19(18)23-9-1-2-10-23)22-16-5-3-6-17(15-16)29(26,27)24-11-13-28-14-12-24/h3-8,15H,1-2,9-14H2,(H,22,25). The minimum atomic E-state index is -3.62. The Balaban J connectivity index is 1.55. The van der Waals surface area contributed by atoms with Gasteiger partial charge in [-0.1, -0.05) is 6.07 Å². The molecule has 2 saturated heterocycles. The van der Waals surface area contributed by atoms with Crippen molar-refractivity contribution in [2.45, 2.75) is 17.7 Å². The van der Waals surface area contributed by atoms with Gasteiger partial charge in [-0.25, -0.2) is 13.4 Å². The number of nitrogens with one attached hydrogen (secondary N) is 1. The Morgan fingerprint density at radius 1 is 1.03 bits per heavy atom. The van der Waals surface area contributed by atoms with Gasteiger partial charge in [-0.05, 0) is 43.2 Å². The zero-order valence-corrected chi connectivity index (χ0v) is 16.9. The second-order valence-electron chi connectivity index (χ2n) is 7.07. The Morgan fingerprint density at radius 2 is 1.79 bits per heavy atom. The number of morpholine rings is 1. The van der Waals surface area contributed by atoms with Crippen LogP contribution in [-0.2, 0) is 14.8 Å². The van der Waals surface area contributed by atoms with Gasteiger partial charge in [-0.15, -0.1) is 0 Å². The number of sulfonamides is 1. The van der Waals surface area contributed by atoms with Crippen molar-refractivity contribution in [3.63, 3.8) is 0 Å². The summed E-state index contributed by atoms with van der Waals surface area (Å²) in [7, 11) is -3.62. The highest BCUT2D eigenvalue weighted by Crippen LogP contribution is 2.24. The fourth-order valence-corrected chi connectivity index (χ4v) is 5.08. The van der Waals surface area contributed by atoms with Crippen molar-refractivity contribution in [2.24, 2.45) is 0 Å². The molecule has 9 heteroatoms. The Bertz CT molecular complexity index is 983. The second-order valence-corrected chi connectivity index (χ2v) is 9.01. The lowest BCUT2D eigenvalue weighted by Gasteiger charge is -2.26. The molecule has 2 aromatic rings. The van der Waals surface area contributed by atoms with E-state index in [9.17, 15) is 13.2 Å². The topological polar surface area (TPSA) is 91.8 Å². The number of hydrogen-bond donors (Lipinski definition) is 1. The fourth-order valence-electron chi connectivity index (χ4n) is 3.62. The number of pyridine rings is 1. The summed E-state index contributed by atoms with van der Waals surface area (Å²) >= 11 is 0. The lowest BCUT2D eigenvalue weighted by molar-refractivity contribution is 0.0730. The lowest BCUT2D eigenvalue weighted by atomic mass is 10.2. The number of aromatic nitrogens is 1. The maximum absolute atomic E-state index is 12.9. The molecule has 154 valence electrons. The zero-order valence-electron chi connectivity index (χ0n) is 16.1. The number of benzene rings is 1. The van der Waals surface area contributed by atoms with E-state index in [1.54, 1.807) is 36.5 Å². The van der Waals surface area contributed by atoms with Crippen LogP contribution in [0.3, 0.4) is 0 Å². The van der Waals surface area contributed by atoms with Crippen LogP contribution in [-0.4, -0.2) is 63.0 Å². The van der Waals surface area contributed by atoms with Gasteiger partial charge in [-0.3, -0.25) is 4.79 Å². The zero-order chi connectivity index (χ0) is 20.3. The van der Waals surface area contributed by atoms with E-state index in [1.165, 1.54) is 10.4 Å². The Morgan fingerprint density at radius 3 is 2.55 bits per heavy atom. The van der Waals surface area contributed by atoms with Gasteiger partial charge >= 0.3 is 0 Å². The quantitative estimate of drug-likeness (QED) is 0.801. The minimum absolute atomic E-state index is 0.156. The first-order valence-corrected chi connectivity index (χ1v) is 11.2. The molecule has 2 fully saturated rings. The third-order valence-corrected chi connectivity index (χ3v) is 7.03. The van der Waals surface area contributed by atoms with Gasteiger partial charge in [0.1, 0.15) is 5.82 Å². The average molecular weight is 417 g/mol. The molecule has 0 unspecified atom stereocenters. The van der Waals surface area contributed by atoms with Gasteiger partial charge < -0.3 is 15.0 Å². The van der Waals surface area contributed by atoms with Crippen molar-refractivity contribution in [1.29, 1.82) is 0 Å². The van der Waals surface area contributed by atoms with Crippen LogP contribution in [0.5, 0.6) is 0 Å². The molecular weight excluding hydrogens is 392 g/mol. The van der Waals surface area contributed by atoms with Gasteiger partial charge in [0, 0.05) is 38.1 Å². The Labute approximate surface area is 170 Å². The van der Waals surface area contributed by atoms with Crippen LogP contribution in [0, 0.1) is 0 Å². The summed E-state index contributed by atoms with van der Waals surface area (Å²) in [4.78, 5) is 19.6. The van der Waals surface area contributed by atoms with Crippen LogP contribution < -0.4 is 10.2 Å². The average Bonchev–Trinajstić information content (AvgIpc) is 3.29. The number of ether oxygens (including phenoxy) is 1. The molecule has 1 N–H and O–H groups in total. The van der Waals surface area contributed by atoms with Crippen molar-refractivity contribution in [2.75, 3.05) is 49.6 Å².